The molecule has 2 heterocycles. The van der Waals surface area contributed by atoms with Crippen LogP contribution in [0.5, 0.6) is 0 Å². The zero-order chi connectivity index (χ0) is 21.2. The normalized spacial score (nSPS) is 16.2. The second-order valence-corrected chi connectivity index (χ2v) is 8.73. The molecule has 1 aromatic heterocycles. The highest BCUT2D eigenvalue weighted by molar-refractivity contribution is 6.30. The predicted molar refractivity (Wildman–Crippen MR) is 123 cm³/mol. The summed E-state index contributed by atoms with van der Waals surface area (Å²) in [6.07, 6.45) is 5.29. The van der Waals surface area contributed by atoms with Crippen molar-refractivity contribution in [2.45, 2.75) is 44.7 Å². The minimum atomic E-state index is 0.0262. The van der Waals surface area contributed by atoms with Crippen molar-refractivity contribution >= 4 is 17.6 Å². The van der Waals surface area contributed by atoms with Crippen LogP contribution in [0.1, 0.15) is 36.9 Å². The van der Waals surface area contributed by atoms with Gasteiger partial charge in [0.05, 0.1) is 17.9 Å². The fourth-order valence-corrected chi connectivity index (χ4v) is 4.61. The molecule has 31 heavy (non-hydrogen) atoms. The van der Waals surface area contributed by atoms with Gasteiger partial charge in [-0.1, -0.05) is 54.8 Å². The number of hydrogen-bond acceptors (Lipinski definition) is 3. The first-order chi connectivity index (χ1) is 15.2. The van der Waals surface area contributed by atoms with Crippen molar-refractivity contribution in [3.63, 3.8) is 0 Å². The van der Waals surface area contributed by atoms with Gasteiger partial charge in [0.25, 0.3) is 0 Å². The van der Waals surface area contributed by atoms with E-state index < -0.39 is 0 Å². The molecule has 5 nitrogen and oxygen atoms in total. The Morgan fingerprint density at radius 3 is 2.45 bits per heavy atom. The fraction of sp³-hybridized carbons (Fsp3) is 0.320. The van der Waals surface area contributed by atoms with Crippen LogP contribution >= 0.6 is 11.6 Å². The molecule has 1 N–H and O–H groups in total. The van der Waals surface area contributed by atoms with Gasteiger partial charge in [0.1, 0.15) is 0 Å². The van der Waals surface area contributed by atoms with Crippen LogP contribution in [-0.4, -0.2) is 33.5 Å². The van der Waals surface area contributed by atoms with E-state index >= 15 is 0 Å². The second-order valence-electron chi connectivity index (χ2n) is 8.30. The van der Waals surface area contributed by atoms with Crippen molar-refractivity contribution in [1.29, 1.82) is 0 Å². The number of carbonyl (C=O) groups is 1. The summed E-state index contributed by atoms with van der Waals surface area (Å²) in [4.78, 5) is 24.6. The lowest BCUT2D eigenvalue weighted by Gasteiger charge is -2.31. The lowest BCUT2D eigenvalue weighted by Crippen LogP contribution is -2.46. The van der Waals surface area contributed by atoms with Crippen LogP contribution in [0.15, 0.2) is 54.6 Å². The van der Waals surface area contributed by atoms with E-state index in [1.54, 1.807) is 0 Å². The van der Waals surface area contributed by atoms with Gasteiger partial charge in [0.15, 0.2) is 5.82 Å². The highest BCUT2D eigenvalue weighted by Gasteiger charge is 2.28. The Morgan fingerprint density at radius 1 is 0.968 bits per heavy atom. The Hall–Kier alpha value is -2.92. The van der Waals surface area contributed by atoms with Crippen LogP contribution in [0, 0.1) is 0 Å². The topological polar surface area (TPSA) is 58.1 Å². The molecule has 158 valence electrons. The SMILES string of the molecule is O=C(NC1CCCC1)N1CCc2nc(-c3ccc(Cl)cc3)nc(-c3ccccc3)c2C1. The molecule has 6 heteroatoms. The van der Waals surface area contributed by atoms with Gasteiger partial charge in [-0.3, -0.25) is 0 Å². The molecule has 0 bridgehead atoms. The molecule has 1 aliphatic carbocycles. The van der Waals surface area contributed by atoms with E-state index in [0.717, 1.165) is 47.3 Å². The number of amides is 2. The third-order valence-electron chi connectivity index (χ3n) is 6.18. The van der Waals surface area contributed by atoms with Crippen molar-refractivity contribution in [2.75, 3.05) is 6.54 Å². The van der Waals surface area contributed by atoms with Gasteiger partial charge in [-0.05, 0) is 37.1 Å². The summed E-state index contributed by atoms with van der Waals surface area (Å²) in [6.45, 7) is 1.19. The van der Waals surface area contributed by atoms with E-state index in [1.165, 1.54) is 12.8 Å². The first-order valence-corrected chi connectivity index (χ1v) is 11.3. The van der Waals surface area contributed by atoms with Gasteiger partial charge in [-0.2, -0.15) is 0 Å². The number of fused-ring (bicyclic) bond motifs is 1. The average Bonchev–Trinajstić information content (AvgIpc) is 3.32. The largest absolute Gasteiger partial charge is 0.335 e. The average molecular weight is 433 g/mol. The Kier molecular flexibility index (Phi) is 5.60. The molecule has 0 saturated heterocycles. The quantitative estimate of drug-likeness (QED) is 0.596. The minimum Gasteiger partial charge on any atom is -0.335 e. The van der Waals surface area contributed by atoms with Crippen LogP contribution in [0.2, 0.25) is 5.02 Å². The highest BCUT2D eigenvalue weighted by atomic mass is 35.5. The Bertz CT molecular complexity index is 1080. The minimum absolute atomic E-state index is 0.0262. The zero-order valence-corrected chi connectivity index (χ0v) is 18.1. The third-order valence-corrected chi connectivity index (χ3v) is 6.43. The summed E-state index contributed by atoms with van der Waals surface area (Å²) in [5.41, 5.74) is 4.93. The molecule has 1 saturated carbocycles. The molecule has 0 spiro atoms. The molecule has 1 aliphatic heterocycles. The van der Waals surface area contributed by atoms with Gasteiger partial charge in [0, 0.05) is 40.7 Å². The molecular weight excluding hydrogens is 408 g/mol. The van der Waals surface area contributed by atoms with E-state index in [1.807, 2.05) is 47.4 Å². The lowest BCUT2D eigenvalue weighted by atomic mass is 9.98. The summed E-state index contributed by atoms with van der Waals surface area (Å²) in [5, 5.41) is 3.90. The molecule has 0 radical (unpaired) electrons. The highest BCUT2D eigenvalue weighted by Crippen LogP contribution is 2.31. The monoisotopic (exact) mass is 432 g/mol. The van der Waals surface area contributed by atoms with Crippen LogP contribution in [0.4, 0.5) is 4.79 Å². The summed E-state index contributed by atoms with van der Waals surface area (Å²) >= 11 is 6.06. The molecule has 2 aromatic carbocycles. The van der Waals surface area contributed by atoms with Gasteiger partial charge < -0.3 is 10.2 Å². The van der Waals surface area contributed by atoms with E-state index in [0.29, 0.717) is 30.0 Å². The van der Waals surface area contributed by atoms with Crippen LogP contribution in [0.25, 0.3) is 22.6 Å². The van der Waals surface area contributed by atoms with Crippen LogP contribution < -0.4 is 5.32 Å². The van der Waals surface area contributed by atoms with Crippen LogP contribution in [0.3, 0.4) is 0 Å². The van der Waals surface area contributed by atoms with Gasteiger partial charge >= 0.3 is 6.03 Å². The number of hydrogen-bond donors (Lipinski definition) is 1. The standard InChI is InChI=1S/C25H25ClN4O/c26-19-12-10-18(11-13-19)24-28-22-14-15-30(25(31)27-20-8-4-5-9-20)16-21(22)23(29-24)17-6-2-1-3-7-17/h1-3,6-7,10-13,20H,4-5,8-9,14-16H2,(H,27,31). The Morgan fingerprint density at radius 2 is 1.71 bits per heavy atom. The van der Waals surface area contributed by atoms with Crippen molar-refractivity contribution < 1.29 is 4.79 Å². The number of urea groups is 1. The summed E-state index contributed by atoms with van der Waals surface area (Å²) in [5.74, 6) is 0.693. The first-order valence-electron chi connectivity index (χ1n) is 10.9. The number of benzene rings is 2. The van der Waals surface area contributed by atoms with E-state index in [9.17, 15) is 4.79 Å². The maximum Gasteiger partial charge on any atom is 0.317 e. The van der Waals surface area contributed by atoms with Gasteiger partial charge in [-0.15, -0.1) is 0 Å². The van der Waals surface area contributed by atoms with Crippen molar-refractivity contribution in [3.05, 3.63) is 70.9 Å². The van der Waals surface area contributed by atoms with Crippen LogP contribution in [-0.2, 0) is 13.0 Å². The molecule has 2 amide bonds. The Balaban J connectivity index is 1.50. The Labute approximate surface area is 187 Å². The third kappa shape index (κ3) is 4.28. The molecule has 2 aliphatic rings. The first kappa shape index (κ1) is 20.0. The van der Waals surface area contributed by atoms with Gasteiger partial charge in [-0.25, -0.2) is 14.8 Å². The van der Waals surface area contributed by atoms with Crippen molar-refractivity contribution in [2.24, 2.45) is 0 Å². The van der Waals surface area contributed by atoms with Gasteiger partial charge in [0.2, 0.25) is 0 Å². The maximum absolute atomic E-state index is 12.9. The van der Waals surface area contributed by atoms with E-state index in [4.69, 9.17) is 21.6 Å². The molecule has 0 unspecified atom stereocenters. The number of rotatable bonds is 3. The molecule has 5 rings (SSSR count). The summed E-state index contributed by atoms with van der Waals surface area (Å²) < 4.78 is 0. The zero-order valence-electron chi connectivity index (χ0n) is 17.4. The number of aromatic nitrogens is 2. The van der Waals surface area contributed by atoms with E-state index in [2.05, 4.69) is 17.4 Å². The maximum atomic E-state index is 12.9. The molecule has 3 aromatic rings. The smallest absolute Gasteiger partial charge is 0.317 e. The number of nitrogens with one attached hydrogen (secondary N) is 1. The number of halogens is 1. The van der Waals surface area contributed by atoms with Crippen molar-refractivity contribution in [3.8, 4) is 22.6 Å². The summed E-state index contributed by atoms with van der Waals surface area (Å²) in [6, 6.07) is 18.1. The van der Waals surface area contributed by atoms with E-state index in [-0.39, 0.29) is 6.03 Å². The lowest BCUT2D eigenvalue weighted by molar-refractivity contribution is 0.188. The molecule has 0 atom stereocenters. The van der Waals surface area contributed by atoms with Crippen molar-refractivity contribution in [1.82, 2.24) is 20.2 Å². The molecule has 1 fully saturated rings. The predicted octanol–water partition coefficient (Wildman–Crippen LogP) is 5.47. The summed E-state index contributed by atoms with van der Waals surface area (Å²) in [7, 11) is 0. The second kappa shape index (κ2) is 8.67. The molecular formula is C25H25ClN4O. The number of carbonyl (C=O) groups excluding carboxylic acids is 1. The number of nitrogens with zero attached hydrogens (tertiary/aromatic N) is 3. The fourth-order valence-electron chi connectivity index (χ4n) is 4.49.